The van der Waals surface area contributed by atoms with E-state index in [1.165, 1.54) is 0 Å². The van der Waals surface area contributed by atoms with Crippen LogP contribution in [0, 0.1) is 0 Å². The summed E-state index contributed by atoms with van der Waals surface area (Å²) < 4.78 is 0. The second kappa shape index (κ2) is 2.08. The molecule has 2 N–H and O–H groups in total. The molecule has 0 bridgehead atoms. The van der Waals surface area contributed by atoms with Gasteiger partial charge >= 0.3 is 0 Å². The van der Waals surface area contributed by atoms with Crippen LogP contribution >= 0.6 is 0 Å². The van der Waals surface area contributed by atoms with Gasteiger partial charge in [0.25, 0.3) is 0 Å². The Labute approximate surface area is 86.5 Å². The molecular weight excluding hydrogens is 192 g/mol. The Balaban J connectivity index is 1.97. The highest BCUT2D eigenvalue weighted by atomic mass is 16.3. The van der Waals surface area contributed by atoms with E-state index in [1.807, 2.05) is 23.1 Å². The smallest absolute Gasteiger partial charge is 0.220 e. The van der Waals surface area contributed by atoms with Gasteiger partial charge in [0.05, 0.1) is 11.7 Å². The molecule has 3 heterocycles. The Morgan fingerprint density at radius 3 is 3.13 bits per heavy atom. The first-order chi connectivity index (χ1) is 7.23. The average molecular weight is 202 g/mol. The van der Waals surface area contributed by atoms with E-state index in [-0.39, 0.29) is 17.9 Å². The Morgan fingerprint density at radius 1 is 1.47 bits per heavy atom. The molecule has 0 spiro atoms. The number of Topliss-reactive ketones (excluding diaryl/α,β-unsaturated/α-hetero) is 1. The van der Waals surface area contributed by atoms with Gasteiger partial charge in [0.2, 0.25) is 11.5 Å². The second-order valence-electron chi connectivity index (χ2n) is 4.43. The summed E-state index contributed by atoms with van der Waals surface area (Å²) in [7, 11) is 0. The standard InChI is InChI=1S/C11H10N2O2/c14-10-6-3-1-2-4-8(6)13-5-7-9(12-7)11(10,13)15/h1-4,7,9,12,15H,5H2/t7-,9-,11?/m0/s1. The quantitative estimate of drug-likeness (QED) is 0.569. The number of ketones is 1. The van der Waals surface area contributed by atoms with Gasteiger partial charge in [0, 0.05) is 18.2 Å². The Bertz CT molecular complexity index is 487. The van der Waals surface area contributed by atoms with Gasteiger partial charge < -0.3 is 15.3 Å². The van der Waals surface area contributed by atoms with Crippen molar-refractivity contribution in [1.29, 1.82) is 0 Å². The normalized spacial score (nSPS) is 40.1. The molecule has 76 valence electrons. The van der Waals surface area contributed by atoms with Crippen molar-refractivity contribution in [2.75, 3.05) is 11.4 Å². The molecule has 4 nitrogen and oxygen atoms in total. The molecule has 0 amide bonds. The molecule has 0 aliphatic carbocycles. The Hall–Kier alpha value is -1.39. The van der Waals surface area contributed by atoms with Gasteiger partial charge in [0.15, 0.2) is 0 Å². The summed E-state index contributed by atoms with van der Waals surface area (Å²) in [4.78, 5) is 13.9. The minimum atomic E-state index is -1.31. The number of nitrogens with zero attached hydrogens (tertiary/aromatic N) is 1. The van der Waals surface area contributed by atoms with Gasteiger partial charge in [-0.1, -0.05) is 12.1 Å². The lowest BCUT2D eigenvalue weighted by Crippen LogP contribution is -2.52. The van der Waals surface area contributed by atoms with Gasteiger partial charge in [-0.15, -0.1) is 0 Å². The number of para-hydroxylation sites is 1. The van der Waals surface area contributed by atoms with Gasteiger partial charge in [-0.05, 0) is 12.1 Å². The number of piperazine rings is 1. The SMILES string of the molecule is O=C1c2ccccc2N2C[C@@H]3N[C@@H]3C12O. The Kier molecular flexibility index (Phi) is 1.09. The van der Waals surface area contributed by atoms with E-state index in [0.29, 0.717) is 5.56 Å². The van der Waals surface area contributed by atoms with Crippen molar-refractivity contribution >= 4 is 11.5 Å². The van der Waals surface area contributed by atoms with Crippen LogP contribution in [0.25, 0.3) is 0 Å². The molecule has 15 heavy (non-hydrogen) atoms. The zero-order valence-corrected chi connectivity index (χ0v) is 7.97. The summed E-state index contributed by atoms with van der Waals surface area (Å²) in [6.45, 7) is 0.726. The lowest BCUT2D eigenvalue weighted by atomic mass is 10.0. The molecule has 3 aliphatic rings. The molecule has 1 aromatic carbocycles. The summed E-state index contributed by atoms with van der Waals surface area (Å²) in [5.41, 5.74) is 0.208. The fraction of sp³-hybridized carbons (Fsp3) is 0.364. The molecule has 1 unspecified atom stereocenters. The van der Waals surface area contributed by atoms with Crippen LogP contribution < -0.4 is 10.2 Å². The van der Waals surface area contributed by atoms with Gasteiger partial charge in [-0.3, -0.25) is 4.79 Å². The van der Waals surface area contributed by atoms with Crippen LogP contribution in [0.5, 0.6) is 0 Å². The largest absolute Gasteiger partial charge is 0.363 e. The highest BCUT2D eigenvalue weighted by molar-refractivity contribution is 6.14. The lowest BCUT2D eigenvalue weighted by molar-refractivity contribution is 0.0398. The summed E-state index contributed by atoms with van der Waals surface area (Å²) >= 11 is 0. The monoisotopic (exact) mass is 202 g/mol. The number of carbonyl (C=O) groups excluding carboxylic acids is 1. The van der Waals surface area contributed by atoms with Crippen molar-refractivity contribution in [1.82, 2.24) is 5.32 Å². The van der Waals surface area contributed by atoms with Crippen LogP contribution in [0.4, 0.5) is 5.69 Å². The molecule has 0 saturated carbocycles. The van der Waals surface area contributed by atoms with Crippen molar-refractivity contribution in [2.24, 2.45) is 0 Å². The van der Waals surface area contributed by atoms with E-state index in [1.54, 1.807) is 6.07 Å². The van der Waals surface area contributed by atoms with Crippen LogP contribution in [0.1, 0.15) is 10.4 Å². The van der Waals surface area contributed by atoms with Crippen molar-refractivity contribution in [3.05, 3.63) is 29.8 Å². The number of hydrogen-bond acceptors (Lipinski definition) is 4. The third-order valence-electron chi connectivity index (χ3n) is 3.68. The van der Waals surface area contributed by atoms with Crippen LogP contribution in [0.15, 0.2) is 24.3 Å². The molecular formula is C11H10N2O2. The van der Waals surface area contributed by atoms with Crippen LogP contribution in [-0.4, -0.2) is 35.2 Å². The summed E-state index contributed by atoms with van der Waals surface area (Å²) in [6, 6.07) is 7.63. The minimum Gasteiger partial charge on any atom is -0.363 e. The topological polar surface area (TPSA) is 62.5 Å². The third kappa shape index (κ3) is 0.682. The Morgan fingerprint density at radius 2 is 2.27 bits per heavy atom. The van der Waals surface area contributed by atoms with E-state index >= 15 is 0 Å². The lowest BCUT2D eigenvalue weighted by Gasteiger charge is -2.28. The maximum atomic E-state index is 12.1. The van der Waals surface area contributed by atoms with Crippen LogP contribution in [0.2, 0.25) is 0 Å². The number of fused-ring (bicyclic) bond motifs is 5. The first-order valence-corrected chi connectivity index (χ1v) is 5.13. The molecule has 1 aromatic rings. The van der Waals surface area contributed by atoms with E-state index in [4.69, 9.17) is 0 Å². The number of rotatable bonds is 0. The van der Waals surface area contributed by atoms with Gasteiger partial charge in [-0.25, -0.2) is 0 Å². The fourth-order valence-electron chi connectivity index (χ4n) is 2.88. The molecule has 0 radical (unpaired) electrons. The third-order valence-corrected chi connectivity index (χ3v) is 3.68. The number of carbonyl (C=O) groups is 1. The second-order valence-corrected chi connectivity index (χ2v) is 4.43. The van der Waals surface area contributed by atoms with E-state index in [0.717, 1.165) is 12.2 Å². The zero-order valence-electron chi connectivity index (χ0n) is 7.97. The number of hydrogen-bond donors (Lipinski definition) is 2. The highest BCUT2D eigenvalue weighted by Gasteiger charge is 2.69. The summed E-state index contributed by atoms with van der Waals surface area (Å²) in [5, 5.41) is 13.6. The highest BCUT2D eigenvalue weighted by Crippen LogP contribution is 2.47. The number of aliphatic hydroxyl groups is 1. The minimum absolute atomic E-state index is 0.0719. The van der Waals surface area contributed by atoms with E-state index < -0.39 is 5.72 Å². The van der Waals surface area contributed by atoms with Crippen LogP contribution in [0.3, 0.4) is 0 Å². The first-order valence-electron chi connectivity index (χ1n) is 5.13. The molecule has 2 fully saturated rings. The molecule has 0 aromatic heterocycles. The van der Waals surface area contributed by atoms with Crippen molar-refractivity contribution in [3.8, 4) is 0 Å². The van der Waals surface area contributed by atoms with E-state index in [9.17, 15) is 9.90 Å². The number of benzene rings is 1. The summed E-state index contributed by atoms with van der Waals surface area (Å²) in [6.07, 6.45) is 0. The first kappa shape index (κ1) is 7.84. The molecule has 3 atom stereocenters. The van der Waals surface area contributed by atoms with Crippen LogP contribution in [-0.2, 0) is 0 Å². The van der Waals surface area contributed by atoms with Gasteiger partial charge in [0.1, 0.15) is 0 Å². The molecule has 3 aliphatic heterocycles. The van der Waals surface area contributed by atoms with Gasteiger partial charge in [-0.2, -0.15) is 0 Å². The average Bonchev–Trinajstić information content (AvgIpc) is 2.93. The fourth-order valence-corrected chi connectivity index (χ4v) is 2.88. The van der Waals surface area contributed by atoms with Crippen molar-refractivity contribution < 1.29 is 9.90 Å². The maximum Gasteiger partial charge on any atom is 0.220 e. The zero-order chi connectivity index (χ0) is 10.2. The summed E-state index contributed by atoms with van der Waals surface area (Å²) in [5.74, 6) is -0.157. The molecule has 4 rings (SSSR count). The number of anilines is 1. The molecule has 4 heteroatoms. The van der Waals surface area contributed by atoms with Crippen molar-refractivity contribution in [2.45, 2.75) is 17.8 Å². The number of nitrogens with one attached hydrogen (secondary N) is 1. The van der Waals surface area contributed by atoms with Crippen molar-refractivity contribution in [3.63, 3.8) is 0 Å². The van der Waals surface area contributed by atoms with E-state index in [2.05, 4.69) is 5.32 Å². The molecule has 2 saturated heterocycles. The predicted octanol–water partition coefficient (Wildman–Crippen LogP) is -0.268. The maximum absolute atomic E-state index is 12.1. The predicted molar refractivity (Wildman–Crippen MR) is 53.8 cm³/mol.